The van der Waals surface area contributed by atoms with Gasteiger partial charge in [-0.05, 0) is 24.1 Å². The van der Waals surface area contributed by atoms with Crippen molar-refractivity contribution in [2.45, 2.75) is 18.7 Å². The van der Waals surface area contributed by atoms with Crippen LogP contribution in [0.4, 0.5) is 0 Å². The van der Waals surface area contributed by atoms with Gasteiger partial charge in [-0.1, -0.05) is 13.0 Å². The number of halogens is 1. The lowest BCUT2D eigenvalue weighted by Crippen LogP contribution is -2.12. The van der Waals surface area contributed by atoms with E-state index in [9.17, 15) is 0 Å². The summed E-state index contributed by atoms with van der Waals surface area (Å²) in [5, 5.41) is -0.0166. The first-order valence-corrected chi connectivity index (χ1v) is 7.29. The van der Waals surface area contributed by atoms with Gasteiger partial charge in [0.1, 0.15) is 0 Å². The lowest BCUT2D eigenvalue weighted by atomic mass is 9.98. The number of ether oxygens (including phenoxy) is 3. The molecule has 0 saturated carbocycles. The number of hydrogen-bond donors (Lipinski definition) is 0. The van der Waals surface area contributed by atoms with Crippen molar-refractivity contribution in [3.05, 3.63) is 23.8 Å². The van der Waals surface area contributed by atoms with Crippen LogP contribution in [0.25, 0.3) is 0 Å². The SMILES string of the molecule is CC1COc2ccc(C(Cl)C3CCOC3)cc2OC1. The molecule has 104 valence electrons. The second-order valence-corrected chi connectivity index (χ2v) is 5.93. The highest BCUT2D eigenvalue weighted by molar-refractivity contribution is 6.21. The predicted octanol–water partition coefficient (Wildman–Crippen LogP) is 3.41. The summed E-state index contributed by atoms with van der Waals surface area (Å²) in [5.74, 6) is 2.43. The fourth-order valence-corrected chi connectivity index (χ4v) is 2.83. The second-order valence-electron chi connectivity index (χ2n) is 5.46. The van der Waals surface area contributed by atoms with Crippen LogP contribution in [0.2, 0.25) is 0 Å². The van der Waals surface area contributed by atoms with E-state index in [2.05, 4.69) is 6.92 Å². The van der Waals surface area contributed by atoms with Crippen molar-refractivity contribution in [2.24, 2.45) is 11.8 Å². The van der Waals surface area contributed by atoms with Gasteiger partial charge < -0.3 is 14.2 Å². The van der Waals surface area contributed by atoms with Gasteiger partial charge in [-0.2, -0.15) is 0 Å². The Labute approximate surface area is 118 Å². The van der Waals surface area contributed by atoms with Gasteiger partial charge in [0, 0.05) is 18.4 Å². The van der Waals surface area contributed by atoms with Crippen LogP contribution in [0.15, 0.2) is 18.2 Å². The zero-order valence-electron chi connectivity index (χ0n) is 11.1. The van der Waals surface area contributed by atoms with Crippen LogP contribution in [-0.2, 0) is 4.74 Å². The highest BCUT2D eigenvalue weighted by atomic mass is 35.5. The van der Waals surface area contributed by atoms with Crippen molar-refractivity contribution in [2.75, 3.05) is 26.4 Å². The minimum Gasteiger partial charge on any atom is -0.489 e. The Morgan fingerprint density at radius 2 is 1.95 bits per heavy atom. The molecule has 4 heteroatoms. The zero-order valence-corrected chi connectivity index (χ0v) is 11.9. The molecule has 3 atom stereocenters. The molecule has 1 aromatic carbocycles. The minimum absolute atomic E-state index is 0.0166. The maximum absolute atomic E-state index is 6.55. The first-order valence-electron chi connectivity index (χ1n) is 6.85. The first kappa shape index (κ1) is 13.1. The van der Waals surface area contributed by atoms with Gasteiger partial charge in [0.05, 0.1) is 25.2 Å². The summed E-state index contributed by atoms with van der Waals surface area (Å²) in [4.78, 5) is 0. The van der Waals surface area contributed by atoms with Crippen LogP contribution in [0.3, 0.4) is 0 Å². The summed E-state index contributed by atoms with van der Waals surface area (Å²) in [6, 6.07) is 6.02. The third kappa shape index (κ3) is 2.82. The number of fused-ring (bicyclic) bond motifs is 1. The van der Waals surface area contributed by atoms with Gasteiger partial charge in [0.25, 0.3) is 0 Å². The lowest BCUT2D eigenvalue weighted by molar-refractivity contribution is 0.185. The Morgan fingerprint density at radius 3 is 2.68 bits per heavy atom. The van der Waals surface area contributed by atoms with Gasteiger partial charge in [-0.3, -0.25) is 0 Å². The van der Waals surface area contributed by atoms with Crippen LogP contribution in [0.5, 0.6) is 11.5 Å². The topological polar surface area (TPSA) is 27.7 Å². The standard InChI is InChI=1S/C15H19ClO3/c1-10-7-18-13-3-2-11(6-14(13)19-8-10)15(16)12-4-5-17-9-12/h2-3,6,10,12,15H,4-5,7-9H2,1H3. The molecule has 0 aliphatic carbocycles. The number of rotatable bonds is 2. The molecule has 1 aromatic rings. The van der Waals surface area contributed by atoms with Crippen LogP contribution in [-0.4, -0.2) is 26.4 Å². The molecular formula is C15H19ClO3. The quantitative estimate of drug-likeness (QED) is 0.778. The van der Waals surface area contributed by atoms with Gasteiger partial charge in [-0.15, -0.1) is 11.6 Å². The van der Waals surface area contributed by atoms with E-state index in [4.69, 9.17) is 25.8 Å². The Bertz CT molecular complexity index is 443. The summed E-state index contributed by atoms with van der Waals surface area (Å²) in [6.45, 7) is 5.08. The number of alkyl halides is 1. The van der Waals surface area contributed by atoms with Crippen molar-refractivity contribution >= 4 is 11.6 Å². The summed E-state index contributed by atoms with van der Waals surface area (Å²) in [5.41, 5.74) is 1.09. The maximum atomic E-state index is 6.55. The Morgan fingerprint density at radius 1 is 1.16 bits per heavy atom. The molecule has 19 heavy (non-hydrogen) atoms. The molecular weight excluding hydrogens is 264 g/mol. The first-order chi connectivity index (χ1) is 9.24. The van der Waals surface area contributed by atoms with E-state index in [1.807, 2.05) is 18.2 Å². The molecule has 0 radical (unpaired) electrons. The van der Waals surface area contributed by atoms with E-state index < -0.39 is 0 Å². The molecule has 3 nitrogen and oxygen atoms in total. The molecule has 2 aliphatic heterocycles. The molecule has 0 amide bonds. The van der Waals surface area contributed by atoms with E-state index >= 15 is 0 Å². The van der Waals surface area contributed by atoms with Crippen LogP contribution in [0.1, 0.15) is 24.3 Å². The Balaban J connectivity index is 1.80. The predicted molar refractivity (Wildman–Crippen MR) is 74.1 cm³/mol. The molecule has 0 aromatic heterocycles. The Kier molecular flexibility index (Phi) is 3.85. The summed E-state index contributed by atoms with van der Waals surface area (Å²) < 4.78 is 16.9. The van der Waals surface area contributed by atoms with Crippen LogP contribution in [0, 0.1) is 11.8 Å². The minimum atomic E-state index is -0.0166. The van der Waals surface area contributed by atoms with E-state index in [0.29, 0.717) is 25.0 Å². The fraction of sp³-hybridized carbons (Fsp3) is 0.600. The average Bonchev–Trinajstić information content (AvgIpc) is 2.90. The average molecular weight is 283 g/mol. The normalized spacial score (nSPS) is 27.9. The van der Waals surface area contributed by atoms with E-state index in [-0.39, 0.29) is 5.38 Å². The number of hydrogen-bond acceptors (Lipinski definition) is 3. The van der Waals surface area contributed by atoms with Gasteiger partial charge in [0.2, 0.25) is 0 Å². The summed E-state index contributed by atoms with van der Waals surface area (Å²) in [7, 11) is 0. The lowest BCUT2D eigenvalue weighted by Gasteiger charge is -2.17. The third-order valence-corrected chi connectivity index (χ3v) is 4.32. The smallest absolute Gasteiger partial charge is 0.161 e. The van der Waals surface area contributed by atoms with E-state index in [1.165, 1.54) is 0 Å². The number of benzene rings is 1. The Hall–Kier alpha value is -0.930. The highest BCUT2D eigenvalue weighted by Gasteiger charge is 2.26. The van der Waals surface area contributed by atoms with Crippen LogP contribution < -0.4 is 9.47 Å². The molecule has 2 aliphatic rings. The monoisotopic (exact) mass is 282 g/mol. The van der Waals surface area contributed by atoms with Crippen molar-refractivity contribution in [3.8, 4) is 11.5 Å². The molecule has 3 unspecified atom stereocenters. The van der Waals surface area contributed by atoms with Gasteiger partial charge >= 0.3 is 0 Å². The maximum Gasteiger partial charge on any atom is 0.161 e. The molecule has 2 heterocycles. The molecule has 1 fully saturated rings. The molecule has 0 bridgehead atoms. The van der Waals surface area contributed by atoms with Crippen molar-refractivity contribution in [1.29, 1.82) is 0 Å². The molecule has 1 saturated heterocycles. The largest absolute Gasteiger partial charge is 0.489 e. The molecule has 0 N–H and O–H groups in total. The van der Waals surface area contributed by atoms with Crippen molar-refractivity contribution < 1.29 is 14.2 Å². The van der Waals surface area contributed by atoms with E-state index in [0.717, 1.165) is 36.7 Å². The molecule has 0 spiro atoms. The van der Waals surface area contributed by atoms with E-state index in [1.54, 1.807) is 0 Å². The van der Waals surface area contributed by atoms with Crippen LogP contribution >= 0.6 is 11.6 Å². The molecule has 3 rings (SSSR count). The van der Waals surface area contributed by atoms with Gasteiger partial charge in [-0.25, -0.2) is 0 Å². The summed E-state index contributed by atoms with van der Waals surface area (Å²) >= 11 is 6.55. The second kappa shape index (κ2) is 5.59. The van der Waals surface area contributed by atoms with Gasteiger partial charge in [0.15, 0.2) is 11.5 Å². The van der Waals surface area contributed by atoms with Crippen molar-refractivity contribution in [3.63, 3.8) is 0 Å². The fourth-order valence-electron chi connectivity index (χ4n) is 2.50. The highest BCUT2D eigenvalue weighted by Crippen LogP contribution is 2.39. The summed E-state index contributed by atoms with van der Waals surface area (Å²) in [6.07, 6.45) is 1.03. The zero-order chi connectivity index (χ0) is 13.2. The van der Waals surface area contributed by atoms with Crippen molar-refractivity contribution in [1.82, 2.24) is 0 Å². The third-order valence-electron chi connectivity index (χ3n) is 3.71.